The van der Waals surface area contributed by atoms with Gasteiger partial charge in [0, 0.05) is 33.6 Å². The van der Waals surface area contributed by atoms with E-state index in [9.17, 15) is 9.59 Å². The first-order valence-corrected chi connectivity index (χ1v) is 5.59. The van der Waals surface area contributed by atoms with Crippen molar-refractivity contribution in [2.45, 2.75) is 19.5 Å². The molecule has 3 N–H and O–H groups in total. The molecule has 0 saturated carbocycles. The fourth-order valence-corrected chi connectivity index (χ4v) is 1.24. The van der Waals surface area contributed by atoms with Gasteiger partial charge in [-0.05, 0) is 0 Å². The van der Waals surface area contributed by atoms with Crippen LogP contribution in [0.15, 0.2) is 6.20 Å². The van der Waals surface area contributed by atoms with Crippen molar-refractivity contribution in [3.8, 4) is 0 Å². The third-order valence-corrected chi connectivity index (χ3v) is 2.26. The van der Waals surface area contributed by atoms with E-state index in [-0.39, 0.29) is 24.8 Å². The number of aromatic nitrogens is 3. The van der Waals surface area contributed by atoms with Gasteiger partial charge in [-0.3, -0.25) is 9.59 Å². The van der Waals surface area contributed by atoms with E-state index in [0.29, 0.717) is 18.8 Å². The number of carbonyl (C=O) groups is 2. The first-order valence-electron chi connectivity index (χ1n) is 5.59. The molecule has 0 bridgehead atoms. The molecule has 2 amide bonds. The summed E-state index contributed by atoms with van der Waals surface area (Å²) in [6.45, 7) is 0.677. The van der Waals surface area contributed by atoms with Crippen molar-refractivity contribution in [2.75, 3.05) is 20.6 Å². The average Bonchev–Trinajstić information content (AvgIpc) is 2.76. The van der Waals surface area contributed by atoms with Gasteiger partial charge < -0.3 is 16.0 Å². The van der Waals surface area contributed by atoms with Gasteiger partial charge in [0.1, 0.15) is 6.54 Å². The predicted molar refractivity (Wildman–Crippen MR) is 64.2 cm³/mol. The minimum Gasteiger partial charge on any atom is -0.354 e. The summed E-state index contributed by atoms with van der Waals surface area (Å²) in [5.41, 5.74) is 6.01. The van der Waals surface area contributed by atoms with E-state index in [2.05, 4.69) is 15.6 Å². The molecule has 0 fully saturated rings. The number of nitrogens with one attached hydrogen (secondary N) is 1. The van der Waals surface area contributed by atoms with Crippen LogP contribution in [-0.4, -0.2) is 52.3 Å². The van der Waals surface area contributed by atoms with Crippen molar-refractivity contribution in [3.63, 3.8) is 0 Å². The summed E-state index contributed by atoms with van der Waals surface area (Å²) >= 11 is 0. The monoisotopic (exact) mass is 254 g/mol. The Morgan fingerprint density at radius 2 is 2.22 bits per heavy atom. The van der Waals surface area contributed by atoms with Crippen LogP contribution in [0.5, 0.6) is 0 Å². The summed E-state index contributed by atoms with van der Waals surface area (Å²) in [5, 5.41) is 10.2. The third kappa shape index (κ3) is 4.50. The lowest BCUT2D eigenvalue weighted by atomic mass is 10.4. The summed E-state index contributed by atoms with van der Waals surface area (Å²) in [7, 11) is 3.35. The van der Waals surface area contributed by atoms with Gasteiger partial charge in [-0.1, -0.05) is 5.21 Å². The SMILES string of the molecule is CN(C)C(=O)CCNC(=O)Cn1cc(CN)nn1. The van der Waals surface area contributed by atoms with Crippen LogP contribution in [0.1, 0.15) is 12.1 Å². The maximum absolute atomic E-state index is 11.5. The molecule has 1 aromatic heterocycles. The molecule has 0 saturated heterocycles. The molecule has 8 nitrogen and oxygen atoms in total. The van der Waals surface area contributed by atoms with E-state index in [4.69, 9.17) is 5.73 Å². The molecule has 0 aromatic carbocycles. The zero-order valence-corrected chi connectivity index (χ0v) is 10.6. The predicted octanol–water partition coefficient (Wildman–Crippen LogP) is -1.67. The van der Waals surface area contributed by atoms with E-state index in [1.165, 1.54) is 9.58 Å². The second-order valence-electron chi connectivity index (χ2n) is 4.00. The molecule has 1 aromatic rings. The Morgan fingerprint density at radius 1 is 1.50 bits per heavy atom. The van der Waals surface area contributed by atoms with Crippen LogP contribution in [-0.2, 0) is 22.7 Å². The Hall–Kier alpha value is -1.96. The summed E-state index contributed by atoms with van der Waals surface area (Å²) < 4.78 is 1.41. The second-order valence-corrected chi connectivity index (χ2v) is 4.00. The van der Waals surface area contributed by atoms with Crippen molar-refractivity contribution in [1.82, 2.24) is 25.2 Å². The van der Waals surface area contributed by atoms with Crippen LogP contribution in [0.4, 0.5) is 0 Å². The average molecular weight is 254 g/mol. The van der Waals surface area contributed by atoms with Crippen LogP contribution < -0.4 is 11.1 Å². The zero-order valence-electron chi connectivity index (χ0n) is 10.6. The van der Waals surface area contributed by atoms with Crippen molar-refractivity contribution in [3.05, 3.63) is 11.9 Å². The van der Waals surface area contributed by atoms with Gasteiger partial charge in [-0.2, -0.15) is 0 Å². The lowest BCUT2D eigenvalue weighted by Gasteiger charge is -2.10. The molecular formula is C10H18N6O2. The minimum absolute atomic E-state index is 0.0264. The number of hydrogen-bond acceptors (Lipinski definition) is 5. The topological polar surface area (TPSA) is 106 Å². The fourth-order valence-electron chi connectivity index (χ4n) is 1.24. The van der Waals surface area contributed by atoms with E-state index < -0.39 is 0 Å². The number of carbonyl (C=O) groups excluding carboxylic acids is 2. The van der Waals surface area contributed by atoms with E-state index in [1.54, 1.807) is 20.3 Å². The maximum Gasteiger partial charge on any atom is 0.241 e. The number of nitrogens with two attached hydrogens (primary N) is 1. The Morgan fingerprint density at radius 3 is 2.78 bits per heavy atom. The molecule has 0 aliphatic heterocycles. The van der Waals surface area contributed by atoms with Gasteiger partial charge in [-0.15, -0.1) is 5.10 Å². The van der Waals surface area contributed by atoms with Crippen molar-refractivity contribution in [1.29, 1.82) is 0 Å². The van der Waals surface area contributed by atoms with Gasteiger partial charge in [0.25, 0.3) is 0 Å². The molecule has 0 atom stereocenters. The lowest BCUT2D eigenvalue weighted by Crippen LogP contribution is -2.32. The van der Waals surface area contributed by atoms with Crippen molar-refractivity contribution in [2.24, 2.45) is 5.73 Å². The summed E-state index contributed by atoms with van der Waals surface area (Å²) in [5.74, 6) is -0.239. The van der Waals surface area contributed by atoms with Gasteiger partial charge in [0.2, 0.25) is 11.8 Å². The highest BCUT2D eigenvalue weighted by atomic mass is 16.2. The minimum atomic E-state index is -0.213. The van der Waals surface area contributed by atoms with Crippen LogP contribution in [0, 0.1) is 0 Å². The normalized spacial score (nSPS) is 10.2. The summed E-state index contributed by atoms with van der Waals surface area (Å²) in [4.78, 5) is 24.2. The molecule has 18 heavy (non-hydrogen) atoms. The fraction of sp³-hybridized carbons (Fsp3) is 0.600. The summed E-state index contributed by atoms with van der Waals surface area (Å²) in [6, 6.07) is 0. The maximum atomic E-state index is 11.5. The standard InChI is InChI=1S/C10H18N6O2/c1-15(2)10(18)3-4-12-9(17)7-16-6-8(5-11)13-14-16/h6H,3-5,7,11H2,1-2H3,(H,12,17). The van der Waals surface area contributed by atoms with Gasteiger partial charge in [0.05, 0.1) is 11.9 Å². The van der Waals surface area contributed by atoms with Gasteiger partial charge >= 0.3 is 0 Å². The molecule has 8 heteroatoms. The lowest BCUT2D eigenvalue weighted by molar-refractivity contribution is -0.128. The smallest absolute Gasteiger partial charge is 0.241 e. The number of rotatable bonds is 6. The molecule has 0 aliphatic carbocycles. The Kier molecular flexibility index (Phi) is 5.25. The molecule has 1 heterocycles. The molecule has 100 valence electrons. The number of hydrogen-bond donors (Lipinski definition) is 2. The van der Waals surface area contributed by atoms with E-state index in [0.717, 1.165) is 0 Å². The Balaban J connectivity index is 2.27. The molecule has 0 unspecified atom stereocenters. The molecule has 0 aliphatic rings. The zero-order chi connectivity index (χ0) is 13.5. The van der Waals surface area contributed by atoms with Gasteiger partial charge in [-0.25, -0.2) is 4.68 Å². The number of nitrogens with zero attached hydrogens (tertiary/aromatic N) is 4. The number of amides is 2. The van der Waals surface area contributed by atoms with Crippen molar-refractivity contribution < 1.29 is 9.59 Å². The molecule has 1 rings (SSSR count). The highest BCUT2D eigenvalue weighted by Crippen LogP contribution is 1.91. The first kappa shape index (κ1) is 14.1. The third-order valence-electron chi connectivity index (χ3n) is 2.26. The van der Waals surface area contributed by atoms with Crippen molar-refractivity contribution >= 4 is 11.8 Å². The Bertz CT molecular complexity index is 414. The first-order chi connectivity index (χ1) is 8.52. The van der Waals surface area contributed by atoms with E-state index >= 15 is 0 Å². The van der Waals surface area contributed by atoms with Crippen LogP contribution in [0.3, 0.4) is 0 Å². The van der Waals surface area contributed by atoms with Gasteiger partial charge in [0.15, 0.2) is 0 Å². The van der Waals surface area contributed by atoms with Crippen LogP contribution >= 0.6 is 0 Å². The molecule has 0 radical (unpaired) electrons. The van der Waals surface area contributed by atoms with Crippen LogP contribution in [0.25, 0.3) is 0 Å². The quantitative estimate of drug-likeness (QED) is 0.631. The highest BCUT2D eigenvalue weighted by molar-refractivity contribution is 5.78. The van der Waals surface area contributed by atoms with E-state index in [1.807, 2.05) is 0 Å². The van der Waals surface area contributed by atoms with Crippen LogP contribution in [0.2, 0.25) is 0 Å². The molecular weight excluding hydrogens is 236 g/mol. The Labute approximate surface area is 105 Å². The molecule has 0 spiro atoms. The largest absolute Gasteiger partial charge is 0.354 e. The summed E-state index contributed by atoms with van der Waals surface area (Å²) in [6.07, 6.45) is 1.90. The second kappa shape index (κ2) is 6.70. The highest BCUT2D eigenvalue weighted by Gasteiger charge is 2.07.